The average Bonchev–Trinajstić information content (AvgIpc) is 3.20. The summed E-state index contributed by atoms with van der Waals surface area (Å²) in [7, 11) is 0. The normalized spacial score (nSPS) is 14.6. The van der Waals surface area contributed by atoms with Crippen LogP contribution in [-0.4, -0.2) is 22.4 Å². The van der Waals surface area contributed by atoms with Crippen molar-refractivity contribution in [2.75, 3.05) is 4.90 Å². The van der Waals surface area contributed by atoms with Gasteiger partial charge in [-0.3, -0.25) is 14.9 Å². The maximum Gasteiger partial charge on any atom is 0.335 e. The predicted molar refractivity (Wildman–Crippen MR) is 159 cm³/mol. The minimum absolute atomic E-state index is 0.102. The molecular formula is C32H28BrN3O4. The summed E-state index contributed by atoms with van der Waals surface area (Å²) >= 11 is 3.44. The lowest BCUT2D eigenvalue weighted by atomic mass is 10.1. The van der Waals surface area contributed by atoms with E-state index >= 15 is 0 Å². The Morgan fingerprint density at radius 3 is 2.17 bits per heavy atom. The molecule has 0 saturated carbocycles. The van der Waals surface area contributed by atoms with E-state index in [2.05, 4.69) is 21.2 Å². The number of halogens is 1. The molecule has 2 heterocycles. The van der Waals surface area contributed by atoms with Gasteiger partial charge in [-0.1, -0.05) is 34.1 Å². The van der Waals surface area contributed by atoms with E-state index in [0.717, 1.165) is 48.9 Å². The van der Waals surface area contributed by atoms with Gasteiger partial charge < -0.3 is 9.30 Å². The maximum atomic E-state index is 13.4. The van der Waals surface area contributed by atoms with Crippen LogP contribution >= 0.6 is 15.9 Å². The molecule has 40 heavy (non-hydrogen) atoms. The summed E-state index contributed by atoms with van der Waals surface area (Å²) in [6, 6.07) is 22.2. The Bertz CT molecular complexity index is 1670. The highest BCUT2D eigenvalue weighted by Gasteiger charge is 2.37. The van der Waals surface area contributed by atoms with Gasteiger partial charge >= 0.3 is 6.03 Å². The van der Waals surface area contributed by atoms with E-state index in [0.29, 0.717) is 17.9 Å². The molecule has 0 radical (unpaired) electrons. The minimum atomic E-state index is -0.761. The number of imide groups is 2. The smallest absolute Gasteiger partial charge is 0.335 e. The first-order chi connectivity index (χ1) is 19.1. The quantitative estimate of drug-likeness (QED) is 0.198. The number of ether oxygens (including phenoxy) is 1. The fourth-order valence-electron chi connectivity index (χ4n) is 4.68. The Labute approximate surface area is 241 Å². The number of hydrogen-bond donors (Lipinski definition) is 1. The maximum absolute atomic E-state index is 13.4. The first-order valence-corrected chi connectivity index (χ1v) is 13.6. The second-order valence-electron chi connectivity index (χ2n) is 9.80. The van der Waals surface area contributed by atoms with Crippen LogP contribution in [0, 0.1) is 27.7 Å². The molecule has 8 heteroatoms. The molecule has 0 bridgehead atoms. The lowest BCUT2D eigenvalue weighted by Gasteiger charge is -2.26. The topological polar surface area (TPSA) is 80.6 Å². The standard InChI is InChI=1S/C32H28BrN3O4/c1-19-5-10-27(15-20(19)2)36-31(38)29(30(37)34-32(36)39)17-24-16-21(3)35(22(24)4)26-11-13-28(14-12-26)40-18-23-6-8-25(33)9-7-23/h5-17H,18H2,1-4H3,(H,34,37,39)/b29-17+. The number of hydrogen-bond acceptors (Lipinski definition) is 4. The molecule has 1 saturated heterocycles. The van der Waals surface area contributed by atoms with Crippen LogP contribution in [0.2, 0.25) is 0 Å². The summed E-state index contributed by atoms with van der Waals surface area (Å²) in [6.07, 6.45) is 1.55. The van der Waals surface area contributed by atoms with E-state index in [1.165, 1.54) is 0 Å². The van der Waals surface area contributed by atoms with Crippen molar-refractivity contribution in [1.82, 2.24) is 9.88 Å². The molecule has 4 amide bonds. The van der Waals surface area contributed by atoms with E-state index < -0.39 is 17.8 Å². The molecule has 0 unspecified atom stereocenters. The lowest BCUT2D eigenvalue weighted by Crippen LogP contribution is -2.54. The molecule has 202 valence electrons. The van der Waals surface area contributed by atoms with Crippen LogP contribution < -0.4 is 15.0 Å². The summed E-state index contributed by atoms with van der Waals surface area (Å²) in [5, 5.41) is 2.30. The van der Waals surface area contributed by atoms with Gasteiger partial charge in [-0.2, -0.15) is 0 Å². The van der Waals surface area contributed by atoms with E-state index in [-0.39, 0.29) is 5.57 Å². The Morgan fingerprint density at radius 1 is 0.825 bits per heavy atom. The second-order valence-corrected chi connectivity index (χ2v) is 10.7. The van der Waals surface area contributed by atoms with Crippen molar-refractivity contribution in [2.45, 2.75) is 34.3 Å². The summed E-state index contributed by atoms with van der Waals surface area (Å²) in [5.41, 5.74) is 6.77. The largest absolute Gasteiger partial charge is 0.489 e. The Balaban J connectivity index is 1.40. The monoisotopic (exact) mass is 597 g/mol. The fourth-order valence-corrected chi connectivity index (χ4v) is 4.95. The molecule has 1 aromatic heterocycles. The third kappa shape index (κ3) is 5.35. The zero-order valence-electron chi connectivity index (χ0n) is 22.6. The summed E-state index contributed by atoms with van der Waals surface area (Å²) in [5.74, 6) is -0.627. The number of anilines is 1. The fraction of sp³-hybridized carbons (Fsp3) is 0.156. The van der Waals surface area contributed by atoms with Crippen molar-refractivity contribution in [3.05, 3.63) is 116 Å². The van der Waals surface area contributed by atoms with Gasteiger partial charge in [0.1, 0.15) is 17.9 Å². The van der Waals surface area contributed by atoms with Crippen molar-refractivity contribution in [1.29, 1.82) is 0 Å². The van der Waals surface area contributed by atoms with E-state index in [4.69, 9.17) is 4.74 Å². The van der Waals surface area contributed by atoms with Crippen LogP contribution in [0.1, 0.15) is 33.6 Å². The molecule has 0 atom stereocenters. The van der Waals surface area contributed by atoms with Gasteiger partial charge in [-0.05, 0) is 111 Å². The van der Waals surface area contributed by atoms with Gasteiger partial charge in [-0.25, -0.2) is 9.69 Å². The number of barbiturate groups is 1. The molecule has 0 spiro atoms. The first-order valence-electron chi connectivity index (χ1n) is 12.8. The first kappa shape index (κ1) is 27.1. The van der Waals surface area contributed by atoms with Crippen LogP contribution in [0.15, 0.2) is 82.8 Å². The molecule has 0 aliphatic carbocycles. The minimum Gasteiger partial charge on any atom is -0.489 e. The number of carbonyl (C=O) groups excluding carboxylic acids is 3. The number of rotatable bonds is 6. The van der Waals surface area contributed by atoms with Crippen LogP contribution in [0.3, 0.4) is 0 Å². The zero-order valence-corrected chi connectivity index (χ0v) is 24.2. The number of urea groups is 1. The highest BCUT2D eigenvalue weighted by molar-refractivity contribution is 9.10. The summed E-state index contributed by atoms with van der Waals surface area (Å²) in [6.45, 7) is 8.20. The predicted octanol–water partition coefficient (Wildman–Crippen LogP) is 6.72. The van der Waals surface area contributed by atoms with Gasteiger partial charge in [0.2, 0.25) is 0 Å². The van der Waals surface area contributed by atoms with Gasteiger partial charge in [0.05, 0.1) is 5.69 Å². The number of aromatic nitrogens is 1. The number of nitrogens with zero attached hydrogens (tertiary/aromatic N) is 2. The molecule has 3 aromatic carbocycles. The van der Waals surface area contributed by atoms with Crippen LogP contribution in [0.4, 0.5) is 10.5 Å². The van der Waals surface area contributed by atoms with Gasteiger partial charge in [0, 0.05) is 21.5 Å². The number of amides is 4. The van der Waals surface area contributed by atoms with E-state index in [1.807, 2.05) is 92.9 Å². The van der Waals surface area contributed by atoms with Crippen molar-refractivity contribution in [3.63, 3.8) is 0 Å². The molecule has 7 nitrogen and oxygen atoms in total. The Morgan fingerprint density at radius 2 is 1.50 bits per heavy atom. The third-order valence-corrected chi connectivity index (χ3v) is 7.56. The average molecular weight is 598 g/mol. The number of nitrogens with one attached hydrogen (secondary N) is 1. The number of carbonyl (C=O) groups is 3. The number of aryl methyl sites for hydroxylation is 3. The van der Waals surface area contributed by atoms with Crippen LogP contribution in [0.5, 0.6) is 5.75 Å². The highest BCUT2D eigenvalue weighted by atomic mass is 79.9. The van der Waals surface area contributed by atoms with Gasteiger partial charge in [-0.15, -0.1) is 0 Å². The molecule has 1 fully saturated rings. The Hall–Kier alpha value is -4.43. The van der Waals surface area contributed by atoms with E-state index in [9.17, 15) is 14.4 Å². The third-order valence-electron chi connectivity index (χ3n) is 7.03. The summed E-state index contributed by atoms with van der Waals surface area (Å²) < 4.78 is 9.00. The molecule has 1 N–H and O–H groups in total. The zero-order chi connectivity index (χ0) is 28.6. The van der Waals surface area contributed by atoms with Crippen molar-refractivity contribution < 1.29 is 19.1 Å². The lowest BCUT2D eigenvalue weighted by molar-refractivity contribution is -0.122. The SMILES string of the molecule is Cc1ccc(N2C(=O)NC(=O)/C(=C\c3cc(C)n(-c4ccc(OCc5ccc(Br)cc5)cc4)c3C)C2=O)cc1C. The summed E-state index contributed by atoms with van der Waals surface area (Å²) in [4.78, 5) is 39.8. The Kier molecular flexibility index (Phi) is 7.45. The van der Waals surface area contributed by atoms with Crippen molar-refractivity contribution >= 4 is 45.5 Å². The molecular weight excluding hydrogens is 570 g/mol. The molecule has 1 aliphatic rings. The van der Waals surface area contributed by atoms with Crippen LogP contribution in [0.25, 0.3) is 11.8 Å². The van der Waals surface area contributed by atoms with E-state index in [1.54, 1.807) is 18.2 Å². The molecule has 5 rings (SSSR count). The van der Waals surface area contributed by atoms with Crippen molar-refractivity contribution in [3.8, 4) is 11.4 Å². The van der Waals surface area contributed by atoms with Gasteiger partial charge in [0.25, 0.3) is 11.8 Å². The van der Waals surface area contributed by atoms with Crippen molar-refractivity contribution in [2.24, 2.45) is 0 Å². The number of benzene rings is 3. The second kappa shape index (κ2) is 11.0. The van der Waals surface area contributed by atoms with Crippen LogP contribution in [-0.2, 0) is 16.2 Å². The van der Waals surface area contributed by atoms with Gasteiger partial charge in [0.15, 0.2) is 0 Å². The molecule has 4 aromatic rings. The highest BCUT2D eigenvalue weighted by Crippen LogP contribution is 2.28. The molecule has 1 aliphatic heterocycles.